The van der Waals surface area contributed by atoms with Gasteiger partial charge in [0, 0.05) is 5.75 Å². The van der Waals surface area contributed by atoms with E-state index in [1.54, 1.807) is 30.2 Å². The summed E-state index contributed by atoms with van der Waals surface area (Å²) in [4.78, 5) is 13.2. The Kier molecular flexibility index (Phi) is 4.76. The molecular weight excluding hydrogens is 313 g/mol. The van der Waals surface area contributed by atoms with Crippen molar-refractivity contribution in [1.82, 2.24) is 19.5 Å². The van der Waals surface area contributed by atoms with Gasteiger partial charge in [0.15, 0.2) is 16.6 Å². The van der Waals surface area contributed by atoms with Crippen LogP contribution in [0.15, 0.2) is 35.7 Å². The summed E-state index contributed by atoms with van der Waals surface area (Å²) >= 11 is 1.60. The highest BCUT2D eigenvalue weighted by molar-refractivity contribution is 7.99. The third-order valence-corrected chi connectivity index (χ3v) is 4.40. The predicted octanol–water partition coefficient (Wildman–Crippen LogP) is 3.49. The van der Waals surface area contributed by atoms with Gasteiger partial charge in [0.2, 0.25) is 0 Å². The molecule has 0 atom stereocenters. The van der Waals surface area contributed by atoms with E-state index in [1.807, 2.05) is 4.57 Å². The van der Waals surface area contributed by atoms with Crippen LogP contribution < -0.4 is 5.73 Å². The Morgan fingerprint density at radius 2 is 2.00 bits per heavy atom. The average Bonchev–Trinajstić information content (AvgIpc) is 2.93. The van der Waals surface area contributed by atoms with Gasteiger partial charge in [-0.2, -0.15) is 0 Å². The summed E-state index contributed by atoms with van der Waals surface area (Å²) in [5.41, 5.74) is 8.29. The van der Waals surface area contributed by atoms with Crippen molar-refractivity contribution in [2.45, 2.75) is 31.5 Å². The van der Waals surface area contributed by atoms with Crippen LogP contribution in [0.4, 0.5) is 10.2 Å². The van der Waals surface area contributed by atoms with Gasteiger partial charge in [0.1, 0.15) is 11.3 Å². The lowest BCUT2D eigenvalue weighted by Gasteiger charge is -2.06. The van der Waals surface area contributed by atoms with Crippen LogP contribution in [0.2, 0.25) is 0 Å². The van der Waals surface area contributed by atoms with Crippen molar-refractivity contribution in [3.63, 3.8) is 0 Å². The molecule has 0 saturated carbocycles. The van der Waals surface area contributed by atoms with Crippen molar-refractivity contribution in [1.29, 1.82) is 0 Å². The van der Waals surface area contributed by atoms with E-state index < -0.39 is 0 Å². The van der Waals surface area contributed by atoms with Crippen LogP contribution in [0.25, 0.3) is 11.2 Å². The second-order valence-electron chi connectivity index (χ2n) is 5.26. The van der Waals surface area contributed by atoms with Crippen LogP contribution in [0.1, 0.15) is 25.3 Å². The quantitative estimate of drug-likeness (QED) is 0.425. The zero-order valence-corrected chi connectivity index (χ0v) is 13.7. The first-order chi connectivity index (χ1) is 11.2. The molecule has 0 aliphatic rings. The average molecular weight is 331 g/mol. The molecule has 0 bridgehead atoms. The molecule has 2 N–H and O–H groups in total. The molecule has 7 heteroatoms. The van der Waals surface area contributed by atoms with Crippen LogP contribution in [-0.2, 0) is 6.54 Å². The van der Waals surface area contributed by atoms with Gasteiger partial charge >= 0.3 is 0 Å². The third kappa shape index (κ3) is 3.61. The van der Waals surface area contributed by atoms with Gasteiger partial charge in [0.05, 0.1) is 12.9 Å². The summed E-state index contributed by atoms with van der Waals surface area (Å²) in [7, 11) is 0. The molecule has 0 aliphatic heterocycles. The zero-order valence-electron chi connectivity index (χ0n) is 12.9. The minimum Gasteiger partial charge on any atom is -0.382 e. The molecule has 0 fully saturated rings. The van der Waals surface area contributed by atoms with Crippen molar-refractivity contribution in [3.8, 4) is 0 Å². The van der Waals surface area contributed by atoms with E-state index in [1.165, 1.54) is 12.1 Å². The number of nitrogens with two attached hydrogens (primary N) is 1. The van der Waals surface area contributed by atoms with E-state index in [-0.39, 0.29) is 5.82 Å². The van der Waals surface area contributed by atoms with Crippen LogP contribution in [0.3, 0.4) is 0 Å². The lowest BCUT2D eigenvalue weighted by Crippen LogP contribution is -2.02. The van der Waals surface area contributed by atoms with Crippen LogP contribution >= 0.6 is 11.8 Å². The first-order valence-electron chi connectivity index (χ1n) is 7.53. The molecule has 3 rings (SSSR count). The number of aromatic nitrogens is 4. The molecule has 23 heavy (non-hydrogen) atoms. The minimum absolute atomic E-state index is 0.245. The Bertz CT molecular complexity index is 800. The lowest BCUT2D eigenvalue weighted by molar-refractivity contribution is 0.626. The smallest absolute Gasteiger partial charge is 0.191 e. The number of benzene rings is 1. The Hall–Kier alpha value is -2.15. The van der Waals surface area contributed by atoms with E-state index in [2.05, 4.69) is 21.9 Å². The highest BCUT2D eigenvalue weighted by atomic mass is 32.2. The standard InChI is InChI=1S/C16H18FN5S/c1-2-3-8-23-16-20-14(18)13-15(21-16)22(10-19-13)9-11-4-6-12(17)7-5-11/h4-7,10H,2-3,8-9H2,1H3,(H2,18,20,21). The molecule has 0 radical (unpaired) electrons. The van der Waals surface area contributed by atoms with Gasteiger partial charge in [-0.25, -0.2) is 19.3 Å². The summed E-state index contributed by atoms with van der Waals surface area (Å²) in [6.45, 7) is 2.71. The van der Waals surface area contributed by atoms with E-state index in [9.17, 15) is 4.39 Å². The molecule has 120 valence electrons. The van der Waals surface area contributed by atoms with Crippen molar-refractivity contribution >= 4 is 28.7 Å². The maximum Gasteiger partial charge on any atom is 0.191 e. The fourth-order valence-corrected chi connectivity index (χ4v) is 3.15. The third-order valence-electron chi connectivity index (χ3n) is 3.47. The van der Waals surface area contributed by atoms with Crippen molar-refractivity contribution in [2.75, 3.05) is 11.5 Å². The fraction of sp³-hybridized carbons (Fsp3) is 0.312. The zero-order chi connectivity index (χ0) is 16.2. The molecule has 0 unspecified atom stereocenters. The van der Waals surface area contributed by atoms with Gasteiger partial charge < -0.3 is 10.3 Å². The van der Waals surface area contributed by atoms with E-state index in [0.717, 1.165) is 24.2 Å². The number of rotatable bonds is 6. The molecule has 3 aromatic rings. The van der Waals surface area contributed by atoms with Crippen LogP contribution in [0, 0.1) is 5.82 Å². The molecule has 1 aromatic carbocycles. The minimum atomic E-state index is -0.245. The second-order valence-corrected chi connectivity index (χ2v) is 6.33. The number of unbranched alkanes of at least 4 members (excludes halogenated alkanes) is 1. The highest BCUT2D eigenvalue weighted by Gasteiger charge is 2.12. The molecule has 2 heterocycles. The predicted molar refractivity (Wildman–Crippen MR) is 90.9 cm³/mol. The molecule has 0 aliphatic carbocycles. The Morgan fingerprint density at radius 1 is 1.22 bits per heavy atom. The Balaban J connectivity index is 1.89. The number of hydrogen-bond donors (Lipinski definition) is 1. The molecule has 2 aromatic heterocycles. The SMILES string of the molecule is CCCCSc1nc(N)c2ncn(Cc3ccc(F)cc3)c2n1. The summed E-state index contributed by atoms with van der Waals surface area (Å²) < 4.78 is 14.9. The van der Waals surface area contributed by atoms with E-state index in [0.29, 0.717) is 28.7 Å². The van der Waals surface area contributed by atoms with Crippen molar-refractivity contribution < 1.29 is 4.39 Å². The maximum absolute atomic E-state index is 13.0. The topological polar surface area (TPSA) is 69.6 Å². The van der Waals surface area contributed by atoms with E-state index >= 15 is 0 Å². The molecule has 0 saturated heterocycles. The van der Waals surface area contributed by atoms with Gasteiger partial charge in [-0.05, 0) is 24.1 Å². The number of halogens is 1. The monoisotopic (exact) mass is 331 g/mol. The van der Waals surface area contributed by atoms with Gasteiger partial charge in [-0.3, -0.25) is 0 Å². The summed E-state index contributed by atoms with van der Waals surface area (Å²) in [5, 5.41) is 0.671. The normalized spacial score (nSPS) is 11.2. The molecule has 0 spiro atoms. The highest BCUT2D eigenvalue weighted by Crippen LogP contribution is 2.23. The first-order valence-corrected chi connectivity index (χ1v) is 8.51. The largest absolute Gasteiger partial charge is 0.382 e. The fourth-order valence-electron chi connectivity index (χ4n) is 2.22. The van der Waals surface area contributed by atoms with Gasteiger partial charge in [-0.1, -0.05) is 37.2 Å². The number of hydrogen-bond acceptors (Lipinski definition) is 5. The van der Waals surface area contributed by atoms with Crippen LogP contribution in [-0.4, -0.2) is 25.3 Å². The number of imidazole rings is 1. The lowest BCUT2D eigenvalue weighted by atomic mass is 10.2. The number of fused-ring (bicyclic) bond motifs is 1. The Labute approximate surface area is 138 Å². The summed E-state index contributed by atoms with van der Waals surface area (Å²) in [5.74, 6) is 1.12. The van der Waals surface area contributed by atoms with Gasteiger partial charge in [-0.15, -0.1) is 0 Å². The number of anilines is 1. The number of thioether (sulfide) groups is 1. The summed E-state index contributed by atoms with van der Waals surface area (Å²) in [6, 6.07) is 6.40. The number of nitrogen functional groups attached to an aromatic ring is 1. The first kappa shape index (κ1) is 15.7. The van der Waals surface area contributed by atoms with Crippen molar-refractivity contribution in [3.05, 3.63) is 42.0 Å². The van der Waals surface area contributed by atoms with Gasteiger partial charge in [0.25, 0.3) is 0 Å². The molecule has 0 amide bonds. The molecule has 5 nitrogen and oxygen atoms in total. The van der Waals surface area contributed by atoms with Crippen LogP contribution in [0.5, 0.6) is 0 Å². The maximum atomic E-state index is 13.0. The molecular formula is C16H18FN5S. The van der Waals surface area contributed by atoms with E-state index in [4.69, 9.17) is 5.73 Å². The Morgan fingerprint density at radius 3 is 2.74 bits per heavy atom. The second kappa shape index (κ2) is 6.95. The summed E-state index contributed by atoms with van der Waals surface area (Å²) in [6.07, 6.45) is 3.94. The van der Waals surface area contributed by atoms with Crippen molar-refractivity contribution in [2.24, 2.45) is 0 Å². The number of nitrogens with zero attached hydrogens (tertiary/aromatic N) is 4.